The Morgan fingerprint density at radius 1 is 1.10 bits per heavy atom. The second-order valence-corrected chi connectivity index (χ2v) is 7.49. The zero-order valence-electron chi connectivity index (χ0n) is 16.5. The Morgan fingerprint density at radius 3 is 2.69 bits per heavy atom. The van der Waals surface area contributed by atoms with E-state index in [-0.39, 0.29) is 24.2 Å². The van der Waals surface area contributed by atoms with Crippen molar-refractivity contribution in [1.82, 2.24) is 0 Å². The molecule has 2 aromatic rings. The maximum absolute atomic E-state index is 13.4. The highest BCUT2D eigenvalue weighted by atomic mass is 16.6. The molecule has 1 amide bonds. The van der Waals surface area contributed by atoms with Crippen molar-refractivity contribution >= 4 is 17.6 Å². The summed E-state index contributed by atoms with van der Waals surface area (Å²) in [5, 5.41) is 0. The van der Waals surface area contributed by atoms with Crippen molar-refractivity contribution in [2.75, 3.05) is 18.6 Å². The van der Waals surface area contributed by atoms with E-state index in [1.54, 1.807) is 11.9 Å². The largest absolute Gasteiger partial charge is 0.443 e. The van der Waals surface area contributed by atoms with Crippen LogP contribution in [-0.4, -0.2) is 25.5 Å². The first-order chi connectivity index (χ1) is 14.1. The third-order valence-electron chi connectivity index (χ3n) is 5.65. The minimum Gasteiger partial charge on any atom is -0.443 e. The van der Waals surface area contributed by atoms with Crippen LogP contribution in [0.2, 0.25) is 0 Å². The number of carbonyl (C=O) groups excluding carboxylic acids is 2. The lowest BCUT2D eigenvalue weighted by Crippen LogP contribution is -2.48. The summed E-state index contributed by atoms with van der Waals surface area (Å²) >= 11 is 0. The topological polar surface area (TPSA) is 55.8 Å². The van der Waals surface area contributed by atoms with Gasteiger partial charge in [0.2, 0.25) is 5.60 Å². The van der Waals surface area contributed by atoms with Crippen molar-refractivity contribution in [3.8, 4) is 0 Å². The lowest BCUT2D eigenvalue weighted by Gasteiger charge is -2.35. The average Bonchev–Trinajstić information content (AvgIpc) is 2.95. The van der Waals surface area contributed by atoms with Crippen LogP contribution in [-0.2, 0) is 31.3 Å². The normalized spacial score (nSPS) is 24.7. The molecule has 0 N–H and O–H groups in total. The van der Waals surface area contributed by atoms with E-state index < -0.39 is 5.60 Å². The zero-order valence-corrected chi connectivity index (χ0v) is 16.5. The number of allylic oxidation sites excluding steroid dienone is 1. The van der Waals surface area contributed by atoms with Crippen LogP contribution in [0.25, 0.3) is 0 Å². The minimum absolute atomic E-state index is 0.202. The predicted molar refractivity (Wildman–Crippen MR) is 110 cm³/mol. The summed E-state index contributed by atoms with van der Waals surface area (Å²) in [7, 11) is 1.73. The number of hydrogen-bond donors (Lipinski definition) is 0. The number of para-hydroxylation sites is 1. The Labute approximate surface area is 170 Å². The Hall–Kier alpha value is -2.92. The van der Waals surface area contributed by atoms with Gasteiger partial charge in [0.1, 0.15) is 0 Å². The third-order valence-corrected chi connectivity index (χ3v) is 5.65. The number of ether oxygens (including phenoxy) is 2. The summed E-state index contributed by atoms with van der Waals surface area (Å²) in [5.41, 5.74) is 1.31. The van der Waals surface area contributed by atoms with Crippen molar-refractivity contribution in [3.63, 3.8) is 0 Å². The van der Waals surface area contributed by atoms with E-state index in [1.807, 2.05) is 66.7 Å². The zero-order chi connectivity index (χ0) is 20.3. The number of esters is 1. The number of anilines is 1. The molecule has 0 bridgehead atoms. The Morgan fingerprint density at radius 2 is 1.86 bits per heavy atom. The highest BCUT2D eigenvalue weighted by molar-refractivity contribution is 6.08. The summed E-state index contributed by atoms with van der Waals surface area (Å²) in [6.07, 6.45) is 5.46. The lowest BCUT2D eigenvalue weighted by molar-refractivity contribution is -0.173. The van der Waals surface area contributed by atoms with E-state index in [0.717, 1.165) is 16.8 Å². The fourth-order valence-electron chi connectivity index (χ4n) is 4.19. The molecule has 0 aromatic heterocycles. The van der Waals surface area contributed by atoms with Crippen LogP contribution in [0.5, 0.6) is 0 Å². The van der Waals surface area contributed by atoms with Crippen molar-refractivity contribution < 1.29 is 19.1 Å². The highest BCUT2D eigenvalue weighted by Gasteiger charge is 2.57. The second kappa shape index (κ2) is 8.21. The number of fused-ring (bicyclic) bond motifs is 2. The molecule has 1 spiro atoms. The number of amides is 1. The summed E-state index contributed by atoms with van der Waals surface area (Å²) in [5.74, 6) is -0.837. The van der Waals surface area contributed by atoms with Gasteiger partial charge >= 0.3 is 5.97 Å². The van der Waals surface area contributed by atoms with Gasteiger partial charge in [0, 0.05) is 31.6 Å². The van der Waals surface area contributed by atoms with Gasteiger partial charge in [-0.05, 0) is 24.5 Å². The van der Waals surface area contributed by atoms with Gasteiger partial charge in [-0.3, -0.25) is 9.59 Å². The van der Waals surface area contributed by atoms with Gasteiger partial charge in [-0.15, -0.1) is 0 Å². The van der Waals surface area contributed by atoms with Crippen molar-refractivity contribution in [2.45, 2.75) is 31.5 Å². The molecular formula is C24H25NO4. The Kier molecular flexibility index (Phi) is 5.49. The van der Waals surface area contributed by atoms with Crippen LogP contribution >= 0.6 is 0 Å². The molecule has 5 nitrogen and oxygen atoms in total. The van der Waals surface area contributed by atoms with Crippen LogP contribution in [0.15, 0.2) is 66.7 Å². The quantitative estimate of drug-likeness (QED) is 0.440. The van der Waals surface area contributed by atoms with E-state index in [2.05, 4.69) is 0 Å². The average molecular weight is 391 g/mol. The predicted octanol–water partition coefficient (Wildman–Crippen LogP) is 3.97. The molecular weight excluding hydrogens is 366 g/mol. The number of carbonyl (C=O) groups is 2. The number of likely N-dealkylation sites (N-methyl/N-ethyl adjacent to an activating group) is 1. The van der Waals surface area contributed by atoms with Gasteiger partial charge in [-0.25, -0.2) is 0 Å². The first kappa shape index (κ1) is 19.4. The Bertz CT molecular complexity index is 923. The van der Waals surface area contributed by atoms with E-state index in [1.165, 1.54) is 0 Å². The van der Waals surface area contributed by atoms with Crippen LogP contribution in [0, 0.1) is 5.92 Å². The molecule has 0 saturated carbocycles. The molecule has 0 fully saturated rings. The molecule has 0 saturated heterocycles. The number of hydrogen-bond acceptors (Lipinski definition) is 4. The van der Waals surface area contributed by atoms with E-state index in [0.29, 0.717) is 26.1 Å². The smallest absolute Gasteiger partial charge is 0.307 e. The molecule has 2 aliphatic heterocycles. The molecule has 2 aliphatic rings. The standard InChI is InChI=1S/C24H25NO4/c1-25-21-13-7-6-12-20(21)24(23(25)27)19(11-5-8-14-22(26)29-24)15-16-28-17-18-9-3-2-4-10-18/h2-7,9-13,19H,8,14-17H2,1H3/b11-5-/t19-,24?/m0/s1. The van der Waals surface area contributed by atoms with E-state index in [9.17, 15) is 9.59 Å². The molecule has 2 atom stereocenters. The summed E-state index contributed by atoms with van der Waals surface area (Å²) in [6.45, 7) is 0.969. The van der Waals surface area contributed by atoms with Crippen molar-refractivity contribution in [3.05, 3.63) is 77.9 Å². The van der Waals surface area contributed by atoms with Gasteiger partial charge in [0.15, 0.2) is 0 Å². The third kappa shape index (κ3) is 3.58. The number of rotatable bonds is 5. The van der Waals surface area contributed by atoms with E-state index in [4.69, 9.17) is 9.47 Å². The first-order valence-electron chi connectivity index (χ1n) is 10.0. The van der Waals surface area contributed by atoms with Gasteiger partial charge < -0.3 is 14.4 Å². The molecule has 29 heavy (non-hydrogen) atoms. The summed E-state index contributed by atoms with van der Waals surface area (Å²) in [4.78, 5) is 27.4. The molecule has 0 aliphatic carbocycles. The summed E-state index contributed by atoms with van der Waals surface area (Å²) < 4.78 is 11.8. The number of benzene rings is 2. The van der Waals surface area contributed by atoms with E-state index >= 15 is 0 Å². The molecule has 2 heterocycles. The SMILES string of the molecule is CN1C(=O)C2(OC(=O)CC/C=C\[C@H]2CCOCc2ccccc2)c2ccccc21. The maximum atomic E-state index is 13.4. The second-order valence-electron chi connectivity index (χ2n) is 7.49. The van der Waals surface area contributed by atoms with Crippen LogP contribution < -0.4 is 4.90 Å². The van der Waals surface area contributed by atoms with Gasteiger partial charge in [0.05, 0.1) is 12.3 Å². The molecule has 0 radical (unpaired) electrons. The molecule has 150 valence electrons. The van der Waals surface area contributed by atoms with Gasteiger partial charge in [0.25, 0.3) is 5.91 Å². The van der Waals surface area contributed by atoms with Crippen LogP contribution in [0.1, 0.15) is 30.4 Å². The lowest BCUT2D eigenvalue weighted by atomic mass is 9.79. The fourth-order valence-corrected chi connectivity index (χ4v) is 4.19. The molecule has 1 unspecified atom stereocenters. The van der Waals surface area contributed by atoms with Crippen molar-refractivity contribution in [2.24, 2.45) is 5.92 Å². The molecule has 2 aromatic carbocycles. The minimum atomic E-state index is -1.32. The first-order valence-corrected chi connectivity index (χ1v) is 10.0. The fraction of sp³-hybridized carbons (Fsp3) is 0.333. The van der Waals surface area contributed by atoms with Gasteiger partial charge in [-0.1, -0.05) is 60.7 Å². The maximum Gasteiger partial charge on any atom is 0.307 e. The molecule has 5 heteroatoms. The van der Waals surface area contributed by atoms with Crippen molar-refractivity contribution in [1.29, 1.82) is 0 Å². The summed E-state index contributed by atoms with van der Waals surface area (Å²) in [6, 6.07) is 17.5. The number of nitrogens with zero attached hydrogens (tertiary/aromatic N) is 1. The Balaban J connectivity index is 1.60. The monoisotopic (exact) mass is 391 g/mol. The molecule has 4 rings (SSSR count). The highest BCUT2D eigenvalue weighted by Crippen LogP contribution is 2.49. The van der Waals surface area contributed by atoms with Crippen LogP contribution in [0.4, 0.5) is 5.69 Å². The van der Waals surface area contributed by atoms with Crippen LogP contribution in [0.3, 0.4) is 0 Å². The van der Waals surface area contributed by atoms with Gasteiger partial charge in [-0.2, -0.15) is 0 Å².